The van der Waals surface area contributed by atoms with E-state index in [1.807, 2.05) is 17.5 Å². The van der Waals surface area contributed by atoms with Gasteiger partial charge < -0.3 is 14.7 Å². The Kier molecular flexibility index (Phi) is 3.36. The summed E-state index contributed by atoms with van der Waals surface area (Å²) in [5.41, 5.74) is 1.65. The minimum Gasteiger partial charge on any atom is -0.506 e. The molecule has 2 aromatic rings. The van der Waals surface area contributed by atoms with E-state index in [4.69, 9.17) is 4.74 Å². The lowest BCUT2D eigenvalue weighted by Crippen LogP contribution is -2.35. The smallest absolute Gasteiger partial charge is 0.272 e. The maximum atomic E-state index is 12.7. The molecule has 4 nitrogen and oxygen atoms in total. The monoisotopic (exact) mass is 289 g/mol. The number of aromatic hydroxyl groups is 1. The highest BCUT2D eigenvalue weighted by atomic mass is 32.1. The third kappa shape index (κ3) is 2.04. The van der Waals surface area contributed by atoms with Crippen LogP contribution >= 0.6 is 11.3 Å². The summed E-state index contributed by atoms with van der Waals surface area (Å²) in [4.78, 5) is 14.9. The topological polar surface area (TPSA) is 49.8 Å². The third-order valence-corrected chi connectivity index (χ3v) is 4.37. The fourth-order valence-corrected chi connectivity index (χ4v) is 3.38. The summed E-state index contributed by atoms with van der Waals surface area (Å²) in [7, 11) is 1.56. The number of carbonyl (C=O) groups excluding carboxylic acids is 1. The number of fused-ring (bicyclic) bond motifs is 1. The number of para-hydroxylation sites is 1. The Morgan fingerprint density at radius 2 is 2.25 bits per heavy atom. The predicted molar refractivity (Wildman–Crippen MR) is 79.0 cm³/mol. The van der Waals surface area contributed by atoms with Gasteiger partial charge in [0.05, 0.1) is 12.8 Å². The number of hydrogen-bond donors (Lipinski definition) is 1. The van der Waals surface area contributed by atoms with Crippen LogP contribution in [-0.2, 0) is 6.42 Å². The molecule has 1 amide bonds. The van der Waals surface area contributed by atoms with Crippen molar-refractivity contribution in [3.8, 4) is 11.5 Å². The molecular weight excluding hydrogens is 274 g/mol. The lowest BCUT2D eigenvalue weighted by molar-refractivity contribution is 0.0985. The number of nitrogens with zero attached hydrogens (tertiary/aromatic N) is 1. The van der Waals surface area contributed by atoms with Crippen LogP contribution in [0, 0.1) is 0 Å². The summed E-state index contributed by atoms with van der Waals surface area (Å²) in [6.45, 7) is 0.616. The Balaban J connectivity index is 2.03. The zero-order chi connectivity index (χ0) is 14.1. The summed E-state index contributed by atoms with van der Waals surface area (Å²) in [5, 5.41) is 11.9. The highest BCUT2D eigenvalue weighted by molar-refractivity contribution is 7.12. The summed E-state index contributed by atoms with van der Waals surface area (Å²) >= 11 is 1.36. The molecule has 0 radical (unpaired) electrons. The average molecular weight is 289 g/mol. The van der Waals surface area contributed by atoms with Crippen LogP contribution in [0.5, 0.6) is 11.5 Å². The summed E-state index contributed by atoms with van der Waals surface area (Å²) in [6, 6.07) is 7.18. The molecule has 1 aromatic carbocycles. The molecule has 20 heavy (non-hydrogen) atoms. The van der Waals surface area contributed by atoms with Gasteiger partial charge in [0, 0.05) is 6.54 Å². The zero-order valence-electron chi connectivity index (χ0n) is 11.1. The molecule has 1 N–H and O–H groups in total. The predicted octanol–water partition coefficient (Wildman–Crippen LogP) is 3.06. The van der Waals surface area contributed by atoms with Crippen molar-refractivity contribution >= 4 is 22.9 Å². The van der Waals surface area contributed by atoms with Gasteiger partial charge >= 0.3 is 0 Å². The fourth-order valence-electron chi connectivity index (χ4n) is 2.57. The van der Waals surface area contributed by atoms with Gasteiger partial charge in [-0.2, -0.15) is 0 Å². The standard InChI is InChI=1S/C15H15NO3S/c1-19-12-7-9-20-14(12)15(18)16-8-3-5-10-4-2-6-11(17)13(10)16/h2,4,6-7,9,17H,3,5,8H2,1H3. The highest BCUT2D eigenvalue weighted by Gasteiger charge is 2.28. The van der Waals surface area contributed by atoms with Crippen molar-refractivity contribution in [2.45, 2.75) is 12.8 Å². The second-order valence-electron chi connectivity index (χ2n) is 4.66. The minimum absolute atomic E-state index is 0.112. The summed E-state index contributed by atoms with van der Waals surface area (Å²) in [6.07, 6.45) is 1.78. The van der Waals surface area contributed by atoms with Crippen molar-refractivity contribution in [2.24, 2.45) is 0 Å². The second kappa shape index (κ2) is 5.17. The first-order valence-electron chi connectivity index (χ1n) is 6.46. The van der Waals surface area contributed by atoms with Crippen LogP contribution in [0.15, 0.2) is 29.6 Å². The van der Waals surface area contributed by atoms with Crippen LogP contribution in [0.2, 0.25) is 0 Å². The number of methoxy groups -OCH3 is 1. The van der Waals surface area contributed by atoms with Crippen molar-refractivity contribution < 1.29 is 14.6 Å². The maximum absolute atomic E-state index is 12.7. The van der Waals surface area contributed by atoms with Crippen molar-refractivity contribution in [3.63, 3.8) is 0 Å². The highest BCUT2D eigenvalue weighted by Crippen LogP contribution is 2.37. The van der Waals surface area contributed by atoms with E-state index < -0.39 is 0 Å². The number of benzene rings is 1. The molecule has 1 aliphatic heterocycles. The second-order valence-corrected chi connectivity index (χ2v) is 5.58. The summed E-state index contributed by atoms with van der Waals surface area (Å²) < 4.78 is 5.22. The van der Waals surface area contributed by atoms with Gasteiger partial charge in [-0.05, 0) is 35.9 Å². The molecule has 0 bridgehead atoms. The van der Waals surface area contributed by atoms with E-state index in [0.717, 1.165) is 18.4 Å². The van der Waals surface area contributed by atoms with E-state index in [1.54, 1.807) is 24.1 Å². The first kappa shape index (κ1) is 13.0. The number of carbonyl (C=O) groups is 1. The normalized spacial score (nSPS) is 13.9. The molecule has 0 saturated carbocycles. The lowest BCUT2D eigenvalue weighted by Gasteiger charge is -2.29. The van der Waals surface area contributed by atoms with Gasteiger partial charge in [0.25, 0.3) is 5.91 Å². The van der Waals surface area contributed by atoms with Gasteiger partial charge in [-0.15, -0.1) is 11.3 Å². The van der Waals surface area contributed by atoms with Crippen LogP contribution in [-0.4, -0.2) is 24.7 Å². The number of aryl methyl sites for hydroxylation is 1. The first-order chi connectivity index (χ1) is 9.72. The molecule has 1 aliphatic rings. The molecule has 2 heterocycles. The van der Waals surface area contributed by atoms with Gasteiger partial charge in [0.2, 0.25) is 0 Å². The molecular formula is C15H15NO3S. The molecule has 1 aromatic heterocycles. The number of ether oxygens (including phenoxy) is 1. The van der Waals surface area contributed by atoms with E-state index in [-0.39, 0.29) is 11.7 Å². The van der Waals surface area contributed by atoms with Crippen molar-refractivity contribution in [1.29, 1.82) is 0 Å². The van der Waals surface area contributed by atoms with Gasteiger partial charge in [-0.25, -0.2) is 0 Å². The first-order valence-corrected chi connectivity index (χ1v) is 7.34. The van der Waals surface area contributed by atoms with Crippen LogP contribution in [0.3, 0.4) is 0 Å². The average Bonchev–Trinajstić information content (AvgIpc) is 2.94. The quantitative estimate of drug-likeness (QED) is 0.924. The lowest BCUT2D eigenvalue weighted by atomic mass is 10.0. The van der Waals surface area contributed by atoms with E-state index in [0.29, 0.717) is 22.9 Å². The van der Waals surface area contributed by atoms with Crippen molar-refractivity contribution in [3.05, 3.63) is 40.1 Å². The van der Waals surface area contributed by atoms with E-state index >= 15 is 0 Å². The van der Waals surface area contributed by atoms with Crippen molar-refractivity contribution in [1.82, 2.24) is 0 Å². The number of phenolic OH excluding ortho intramolecular Hbond substituents is 1. The molecule has 0 atom stereocenters. The van der Waals surface area contributed by atoms with Crippen LogP contribution in [0.1, 0.15) is 21.7 Å². The molecule has 0 spiro atoms. The molecule has 0 unspecified atom stereocenters. The third-order valence-electron chi connectivity index (χ3n) is 3.48. The Morgan fingerprint density at radius 3 is 3.05 bits per heavy atom. The summed E-state index contributed by atoms with van der Waals surface area (Å²) in [5.74, 6) is 0.632. The number of amides is 1. The minimum atomic E-state index is -0.112. The van der Waals surface area contributed by atoms with Crippen LogP contribution in [0.25, 0.3) is 0 Å². The largest absolute Gasteiger partial charge is 0.506 e. The Morgan fingerprint density at radius 1 is 1.40 bits per heavy atom. The van der Waals surface area contributed by atoms with Gasteiger partial charge in [0.15, 0.2) is 0 Å². The molecule has 3 rings (SSSR count). The van der Waals surface area contributed by atoms with Gasteiger partial charge in [0.1, 0.15) is 16.4 Å². The van der Waals surface area contributed by atoms with Crippen LogP contribution < -0.4 is 9.64 Å². The number of hydrogen-bond acceptors (Lipinski definition) is 4. The molecule has 0 saturated heterocycles. The van der Waals surface area contributed by atoms with E-state index in [9.17, 15) is 9.90 Å². The van der Waals surface area contributed by atoms with Gasteiger partial charge in [-0.3, -0.25) is 4.79 Å². The number of phenols is 1. The number of rotatable bonds is 2. The molecule has 5 heteroatoms. The zero-order valence-corrected chi connectivity index (χ0v) is 11.9. The number of thiophene rings is 1. The molecule has 0 aliphatic carbocycles. The molecule has 104 valence electrons. The Hall–Kier alpha value is -2.01. The van der Waals surface area contributed by atoms with E-state index in [2.05, 4.69) is 0 Å². The van der Waals surface area contributed by atoms with E-state index in [1.165, 1.54) is 11.3 Å². The SMILES string of the molecule is COc1ccsc1C(=O)N1CCCc2cccc(O)c21. The Labute approximate surface area is 121 Å². The Bertz CT molecular complexity index is 650. The van der Waals surface area contributed by atoms with Crippen LogP contribution in [0.4, 0.5) is 5.69 Å². The maximum Gasteiger partial charge on any atom is 0.272 e. The fraction of sp³-hybridized carbons (Fsp3) is 0.267. The van der Waals surface area contributed by atoms with Gasteiger partial charge in [-0.1, -0.05) is 12.1 Å². The molecule has 0 fully saturated rings. The van der Waals surface area contributed by atoms with Crippen molar-refractivity contribution in [2.75, 3.05) is 18.6 Å². The number of anilines is 1.